The monoisotopic (exact) mass is 297 g/mol. The predicted octanol–water partition coefficient (Wildman–Crippen LogP) is 3.28. The van der Waals surface area contributed by atoms with Crippen LogP contribution in [-0.2, 0) is 6.42 Å². The number of methoxy groups -OCH3 is 1. The lowest BCUT2D eigenvalue weighted by Gasteiger charge is -2.08. The van der Waals surface area contributed by atoms with E-state index in [0.29, 0.717) is 12.5 Å². The minimum Gasteiger partial charge on any atom is -0.496 e. The van der Waals surface area contributed by atoms with Gasteiger partial charge in [0.15, 0.2) is 5.96 Å². The van der Waals surface area contributed by atoms with Crippen LogP contribution in [0.1, 0.15) is 16.7 Å². The van der Waals surface area contributed by atoms with Crippen molar-refractivity contribution in [3.8, 4) is 5.75 Å². The Balaban J connectivity index is 1.91. The van der Waals surface area contributed by atoms with Crippen molar-refractivity contribution in [2.45, 2.75) is 20.3 Å². The van der Waals surface area contributed by atoms with Crippen molar-refractivity contribution < 1.29 is 4.74 Å². The number of aliphatic imine (C=N–C) groups is 1. The third-order valence-electron chi connectivity index (χ3n) is 3.45. The molecule has 0 aliphatic heterocycles. The number of rotatable bonds is 5. The van der Waals surface area contributed by atoms with E-state index in [2.05, 4.69) is 28.5 Å². The molecule has 2 aromatic carbocycles. The molecule has 22 heavy (non-hydrogen) atoms. The molecule has 0 amide bonds. The van der Waals surface area contributed by atoms with Crippen LogP contribution in [0.5, 0.6) is 5.75 Å². The molecule has 0 bridgehead atoms. The van der Waals surface area contributed by atoms with Crippen LogP contribution < -0.4 is 15.8 Å². The van der Waals surface area contributed by atoms with E-state index < -0.39 is 0 Å². The average molecular weight is 297 g/mol. The second-order valence-corrected chi connectivity index (χ2v) is 5.32. The van der Waals surface area contributed by atoms with Crippen molar-refractivity contribution in [2.75, 3.05) is 19.0 Å². The van der Waals surface area contributed by atoms with E-state index >= 15 is 0 Å². The first-order chi connectivity index (χ1) is 10.6. The molecule has 0 aliphatic carbocycles. The summed E-state index contributed by atoms with van der Waals surface area (Å²) in [5.74, 6) is 1.34. The average Bonchev–Trinajstić information content (AvgIpc) is 2.49. The van der Waals surface area contributed by atoms with Crippen LogP contribution >= 0.6 is 0 Å². The minimum atomic E-state index is 0.435. The first-order valence-electron chi connectivity index (χ1n) is 7.35. The molecule has 2 rings (SSSR count). The fourth-order valence-corrected chi connectivity index (χ4v) is 2.24. The van der Waals surface area contributed by atoms with E-state index in [1.165, 1.54) is 11.1 Å². The molecule has 0 saturated heterocycles. The first-order valence-corrected chi connectivity index (χ1v) is 7.35. The molecule has 3 N–H and O–H groups in total. The van der Waals surface area contributed by atoms with Crippen molar-refractivity contribution in [3.63, 3.8) is 0 Å². The number of hydrogen-bond donors (Lipinski definition) is 2. The number of nitrogens with one attached hydrogen (secondary N) is 1. The lowest BCUT2D eigenvalue weighted by Crippen LogP contribution is -2.23. The maximum Gasteiger partial charge on any atom is 0.193 e. The highest BCUT2D eigenvalue weighted by molar-refractivity contribution is 5.92. The van der Waals surface area contributed by atoms with E-state index in [0.717, 1.165) is 23.4 Å². The molecular formula is C18H23N3O. The molecule has 2 aromatic rings. The van der Waals surface area contributed by atoms with Gasteiger partial charge < -0.3 is 15.8 Å². The zero-order valence-corrected chi connectivity index (χ0v) is 13.4. The normalized spacial score (nSPS) is 11.3. The van der Waals surface area contributed by atoms with Gasteiger partial charge in [-0.2, -0.15) is 0 Å². The molecule has 0 heterocycles. The largest absolute Gasteiger partial charge is 0.496 e. The van der Waals surface area contributed by atoms with Crippen LogP contribution in [-0.4, -0.2) is 19.6 Å². The Kier molecular flexibility index (Phi) is 5.42. The Morgan fingerprint density at radius 2 is 2.00 bits per heavy atom. The van der Waals surface area contributed by atoms with Gasteiger partial charge in [0.2, 0.25) is 0 Å². The molecule has 0 unspecified atom stereocenters. The van der Waals surface area contributed by atoms with E-state index in [9.17, 15) is 0 Å². The standard InChI is InChI=1S/C18H23N3O/c1-13-5-4-6-16(11-13)21-18(19)20-10-9-15-8-7-14(2)17(12-15)22-3/h4-8,11-12H,9-10H2,1-3H3,(H3,19,20,21). The van der Waals surface area contributed by atoms with Gasteiger partial charge >= 0.3 is 0 Å². The van der Waals surface area contributed by atoms with Gasteiger partial charge in [0, 0.05) is 12.2 Å². The molecule has 0 spiro atoms. The van der Waals surface area contributed by atoms with Crippen LogP contribution in [0.3, 0.4) is 0 Å². The Morgan fingerprint density at radius 1 is 1.18 bits per heavy atom. The summed E-state index contributed by atoms with van der Waals surface area (Å²) >= 11 is 0. The molecule has 0 radical (unpaired) electrons. The van der Waals surface area contributed by atoms with Gasteiger partial charge in [-0.15, -0.1) is 0 Å². The van der Waals surface area contributed by atoms with Crippen molar-refractivity contribution in [2.24, 2.45) is 10.7 Å². The number of guanidine groups is 1. The van der Waals surface area contributed by atoms with Crippen molar-refractivity contribution in [3.05, 3.63) is 59.2 Å². The fourth-order valence-electron chi connectivity index (χ4n) is 2.24. The summed E-state index contributed by atoms with van der Waals surface area (Å²) in [5, 5.41) is 3.10. The molecule has 4 heteroatoms. The number of ether oxygens (including phenoxy) is 1. The van der Waals surface area contributed by atoms with Gasteiger partial charge in [-0.1, -0.05) is 24.3 Å². The van der Waals surface area contributed by atoms with Crippen molar-refractivity contribution in [1.29, 1.82) is 0 Å². The van der Waals surface area contributed by atoms with Gasteiger partial charge in [0.25, 0.3) is 0 Å². The molecule has 0 atom stereocenters. The minimum absolute atomic E-state index is 0.435. The maximum atomic E-state index is 5.91. The van der Waals surface area contributed by atoms with E-state index in [1.807, 2.05) is 38.1 Å². The zero-order valence-electron chi connectivity index (χ0n) is 13.4. The van der Waals surface area contributed by atoms with Gasteiger partial charge in [-0.05, 0) is 55.2 Å². The highest BCUT2D eigenvalue weighted by Gasteiger charge is 2.00. The summed E-state index contributed by atoms with van der Waals surface area (Å²) in [7, 11) is 1.69. The Labute approximate surface area is 132 Å². The van der Waals surface area contributed by atoms with E-state index in [-0.39, 0.29) is 0 Å². The molecule has 0 aliphatic rings. The van der Waals surface area contributed by atoms with E-state index in [1.54, 1.807) is 7.11 Å². The molecule has 0 saturated carbocycles. The topological polar surface area (TPSA) is 59.6 Å². The Bertz CT molecular complexity index is 665. The Morgan fingerprint density at radius 3 is 2.73 bits per heavy atom. The van der Waals surface area contributed by atoms with Crippen LogP contribution in [0.4, 0.5) is 5.69 Å². The van der Waals surface area contributed by atoms with Crippen LogP contribution in [0.2, 0.25) is 0 Å². The third-order valence-corrected chi connectivity index (χ3v) is 3.45. The van der Waals surface area contributed by atoms with Crippen molar-refractivity contribution >= 4 is 11.6 Å². The summed E-state index contributed by atoms with van der Waals surface area (Å²) in [6.07, 6.45) is 0.826. The molecule has 116 valence electrons. The number of nitrogens with two attached hydrogens (primary N) is 1. The van der Waals surface area contributed by atoms with Gasteiger partial charge in [-0.25, -0.2) is 0 Å². The zero-order chi connectivity index (χ0) is 15.9. The Hall–Kier alpha value is -2.49. The highest BCUT2D eigenvalue weighted by atomic mass is 16.5. The second-order valence-electron chi connectivity index (χ2n) is 5.32. The number of anilines is 1. The van der Waals surface area contributed by atoms with E-state index in [4.69, 9.17) is 10.5 Å². The van der Waals surface area contributed by atoms with Crippen LogP contribution in [0.25, 0.3) is 0 Å². The van der Waals surface area contributed by atoms with Gasteiger partial charge in [0.1, 0.15) is 5.75 Å². The smallest absolute Gasteiger partial charge is 0.193 e. The number of benzene rings is 2. The summed E-state index contributed by atoms with van der Waals surface area (Å²) in [6.45, 7) is 4.71. The van der Waals surface area contributed by atoms with Gasteiger partial charge in [-0.3, -0.25) is 4.99 Å². The predicted molar refractivity (Wildman–Crippen MR) is 92.7 cm³/mol. The molecule has 4 nitrogen and oxygen atoms in total. The van der Waals surface area contributed by atoms with Crippen LogP contribution in [0, 0.1) is 13.8 Å². The molecular weight excluding hydrogens is 274 g/mol. The van der Waals surface area contributed by atoms with Crippen LogP contribution in [0.15, 0.2) is 47.5 Å². The molecule has 0 fully saturated rings. The quantitative estimate of drug-likeness (QED) is 0.657. The number of hydrogen-bond acceptors (Lipinski definition) is 2. The maximum absolute atomic E-state index is 5.91. The lowest BCUT2D eigenvalue weighted by molar-refractivity contribution is 0.411. The first kappa shape index (κ1) is 15.9. The molecule has 0 aromatic heterocycles. The van der Waals surface area contributed by atoms with Crippen molar-refractivity contribution in [1.82, 2.24) is 0 Å². The summed E-state index contributed by atoms with van der Waals surface area (Å²) in [5.41, 5.74) is 10.4. The third kappa shape index (κ3) is 4.52. The summed E-state index contributed by atoms with van der Waals surface area (Å²) in [6, 6.07) is 14.2. The summed E-state index contributed by atoms with van der Waals surface area (Å²) < 4.78 is 5.33. The lowest BCUT2D eigenvalue weighted by atomic mass is 10.1. The fraction of sp³-hybridized carbons (Fsp3) is 0.278. The van der Waals surface area contributed by atoms with Gasteiger partial charge in [0.05, 0.1) is 7.11 Å². The SMILES string of the molecule is COc1cc(CCN=C(N)Nc2cccc(C)c2)ccc1C. The highest BCUT2D eigenvalue weighted by Crippen LogP contribution is 2.19. The summed E-state index contributed by atoms with van der Waals surface area (Å²) in [4.78, 5) is 4.36. The number of aryl methyl sites for hydroxylation is 2. The number of nitrogens with zero attached hydrogens (tertiary/aromatic N) is 1. The second kappa shape index (κ2) is 7.50.